The number of carbonyl (C=O) groups is 1. The van der Waals surface area contributed by atoms with E-state index in [0.717, 1.165) is 0 Å². The number of hydrogen-bond acceptors (Lipinski definition) is 4. The van der Waals surface area contributed by atoms with Gasteiger partial charge in [-0.05, 0) is 6.07 Å². The van der Waals surface area contributed by atoms with E-state index in [-0.39, 0.29) is 11.4 Å². The zero-order valence-corrected chi connectivity index (χ0v) is 6.14. The maximum atomic E-state index is 10.3. The molecule has 4 N–H and O–H groups in total. The molecule has 1 atom stereocenters. The summed E-state index contributed by atoms with van der Waals surface area (Å²) >= 11 is 0. The molecule has 0 fully saturated rings. The van der Waals surface area contributed by atoms with Gasteiger partial charge in [-0.15, -0.1) is 0 Å². The second-order valence-electron chi connectivity index (χ2n) is 2.26. The highest BCUT2D eigenvalue weighted by molar-refractivity contribution is 5.73. The van der Waals surface area contributed by atoms with Crippen molar-refractivity contribution in [1.29, 1.82) is 0 Å². The molecule has 1 heterocycles. The van der Waals surface area contributed by atoms with E-state index in [4.69, 9.17) is 15.9 Å². The fourth-order valence-corrected chi connectivity index (χ4v) is 0.721. The summed E-state index contributed by atoms with van der Waals surface area (Å²) in [6, 6.07) is 2.85. The van der Waals surface area contributed by atoms with Gasteiger partial charge in [0, 0.05) is 11.8 Å². The second kappa shape index (κ2) is 3.19. The highest BCUT2D eigenvalue weighted by Gasteiger charge is 2.15. The number of aliphatic hydroxyl groups excluding tert-OH is 1. The van der Waals surface area contributed by atoms with Gasteiger partial charge in [-0.3, -0.25) is 0 Å². The first-order valence-corrected chi connectivity index (χ1v) is 3.23. The van der Waals surface area contributed by atoms with Crippen molar-refractivity contribution < 1.29 is 15.0 Å². The lowest BCUT2D eigenvalue weighted by Crippen LogP contribution is -2.10. The zero-order chi connectivity index (χ0) is 9.14. The van der Waals surface area contributed by atoms with Crippen LogP contribution < -0.4 is 5.73 Å². The Morgan fingerprint density at radius 1 is 1.58 bits per heavy atom. The third-order valence-corrected chi connectivity index (χ3v) is 1.36. The van der Waals surface area contributed by atoms with Crippen molar-refractivity contribution in [2.75, 3.05) is 5.73 Å². The Hall–Kier alpha value is -1.62. The van der Waals surface area contributed by atoms with Crippen molar-refractivity contribution >= 4 is 11.8 Å². The van der Waals surface area contributed by atoms with Crippen LogP contribution in [0.1, 0.15) is 11.7 Å². The van der Waals surface area contributed by atoms with Crippen molar-refractivity contribution in [2.45, 2.75) is 6.10 Å². The maximum absolute atomic E-state index is 10.3. The number of rotatable bonds is 2. The second-order valence-corrected chi connectivity index (χ2v) is 2.26. The molecule has 1 aromatic rings. The van der Waals surface area contributed by atoms with E-state index in [1.165, 1.54) is 18.3 Å². The van der Waals surface area contributed by atoms with Gasteiger partial charge in [-0.2, -0.15) is 0 Å². The molecule has 0 amide bonds. The van der Waals surface area contributed by atoms with Gasteiger partial charge in [-0.1, -0.05) is 6.07 Å². The van der Waals surface area contributed by atoms with E-state index in [0.29, 0.717) is 0 Å². The molecular formula is C7H8N2O3. The molecule has 5 heteroatoms. The number of aliphatic hydroxyl groups is 1. The molecule has 0 spiro atoms. The molecular weight excluding hydrogens is 160 g/mol. The number of carboxylic acids is 1. The van der Waals surface area contributed by atoms with E-state index in [1.54, 1.807) is 0 Å². The van der Waals surface area contributed by atoms with Crippen molar-refractivity contribution in [1.82, 2.24) is 4.98 Å². The van der Waals surface area contributed by atoms with Gasteiger partial charge in [0.2, 0.25) is 0 Å². The van der Waals surface area contributed by atoms with Crippen molar-refractivity contribution in [3.05, 3.63) is 23.9 Å². The first-order valence-electron chi connectivity index (χ1n) is 3.23. The summed E-state index contributed by atoms with van der Waals surface area (Å²) in [4.78, 5) is 13.9. The molecule has 0 aliphatic carbocycles. The molecule has 0 aliphatic heterocycles. The van der Waals surface area contributed by atoms with Gasteiger partial charge in [0.1, 0.15) is 5.82 Å². The molecule has 12 heavy (non-hydrogen) atoms. The number of hydrogen-bond donors (Lipinski definition) is 3. The maximum Gasteiger partial charge on any atom is 0.337 e. The van der Waals surface area contributed by atoms with Crippen molar-refractivity contribution in [3.63, 3.8) is 0 Å². The minimum Gasteiger partial charge on any atom is -0.479 e. The van der Waals surface area contributed by atoms with Crippen LogP contribution in [0.25, 0.3) is 0 Å². The standard InChI is InChI=1S/C7H8N2O3/c8-5-2-1-4(3-9-5)6(10)7(11)12/h1-3,6,10H,(H2,8,9)(H,11,12). The summed E-state index contributed by atoms with van der Waals surface area (Å²) in [6.07, 6.45) is -0.299. The van der Waals surface area contributed by atoms with E-state index in [2.05, 4.69) is 4.98 Å². The Kier molecular flexibility index (Phi) is 2.25. The molecule has 5 nitrogen and oxygen atoms in total. The Morgan fingerprint density at radius 2 is 2.25 bits per heavy atom. The van der Waals surface area contributed by atoms with E-state index in [1.807, 2.05) is 0 Å². The molecule has 0 bridgehead atoms. The molecule has 0 aromatic carbocycles. The van der Waals surface area contributed by atoms with E-state index < -0.39 is 12.1 Å². The average molecular weight is 168 g/mol. The minimum absolute atomic E-state index is 0.219. The molecule has 0 radical (unpaired) electrons. The molecule has 1 unspecified atom stereocenters. The number of pyridine rings is 1. The molecule has 1 aromatic heterocycles. The number of carboxylic acid groups (broad SMARTS) is 1. The first kappa shape index (κ1) is 8.48. The molecule has 1 rings (SSSR count). The van der Waals surface area contributed by atoms with Crippen LogP contribution in [-0.4, -0.2) is 21.2 Å². The summed E-state index contributed by atoms with van der Waals surface area (Å²) in [5.74, 6) is -1.02. The largest absolute Gasteiger partial charge is 0.479 e. The lowest BCUT2D eigenvalue weighted by molar-refractivity contribution is -0.146. The minimum atomic E-state index is -1.53. The monoisotopic (exact) mass is 168 g/mol. The zero-order valence-electron chi connectivity index (χ0n) is 6.14. The van der Waals surface area contributed by atoms with E-state index >= 15 is 0 Å². The number of nitrogens with two attached hydrogens (primary N) is 1. The lowest BCUT2D eigenvalue weighted by Gasteiger charge is -2.03. The van der Waals surface area contributed by atoms with Crippen LogP contribution in [0.15, 0.2) is 18.3 Å². The summed E-state index contributed by atoms with van der Waals surface area (Å²) in [5, 5.41) is 17.4. The Bertz CT molecular complexity index is 283. The number of nitrogen functional groups attached to an aromatic ring is 1. The van der Waals surface area contributed by atoms with Crippen LogP contribution in [0.5, 0.6) is 0 Å². The number of anilines is 1. The predicted octanol–water partition coefficient (Wildman–Crippen LogP) is -0.218. The normalized spacial score (nSPS) is 12.4. The van der Waals surface area contributed by atoms with Crippen molar-refractivity contribution in [3.8, 4) is 0 Å². The molecule has 0 aliphatic rings. The predicted molar refractivity (Wildman–Crippen MR) is 41.2 cm³/mol. The molecule has 0 saturated carbocycles. The van der Waals surface area contributed by atoms with Gasteiger partial charge >= 0.3 is 5.97 Å². The smallest absolute Gasteiger partial charge is 0.337 e. The van der Waals surface area contributed by atoms with Crippen LogP contribution in [0.2, 0.25) is 0 Å². The fourth-order valence-electron chi connectivity index (χ4n) is 0.721. The third-order valence-electron chi connectivity index (χ3n) is 1.36. The van der Waals surface area contributed by atoms with Gasteiger partial charge < -0.3 is 15.9 Å². The van der Waals surface area contributed by atoms with E-state index in [9.17, 15) is 4.79 Å². The lowest BCUT2D eigenvalue weighted by atomic mass is 10.2. The fraction of sp³-hybridized carbons (Fsp3) is 0.143. The Labute approximate surface area is 68.5 Å². The van der Waals surface area contributed by atoms with Gasteiger partial charge in [-0.25, -0.2) is 9.78 Å². The highest BCUT2D eigenvalue weighted by Crippen LogP contribution is 2.11. The summed E-state index contributed by atoms with van der Waals surface area (Å²) < 4.78 is 0. The van der Waals surface area contributed by atoms with Crippen molar-refractivity contribution in [2.24, 2.45) is 0 Å². The summed E-state index contributed by atoms with van der Waals surface area (Å²) in [5.41, 5.74) is 5.48. The number of aromatic nitrogens is 1. The van der Waals surface area contributed by atoms with Gasteiger partial charge in [0.15, 0.2) is 6.10 Å². The summed E-state index contributed by atoms with van der Waals surface area (Å²) in [7, 11) is 0. The SMILES string of the molecule is Nc1ccc(C(O)C(=O)O)cn1. The topological polar surface area (TPSA) is 96.4 Å². The summed E-state index contributed by atoms with van der Waals surface area (Å²) in [6.45, 7) is 0. The number of aliphatic carboxylic acids is 1. The number of nitrogens with zero attached hydrogens (tertiary/aromatic N) is 1. The molecule has 64 valence electrons. The highest BCUT2D eigenvalue weighted by atomic mass is 16.4. The average Bonchev–Trinajstić information content (AvgIpc) is 2.04. The first-order chi connectivity index (χ1) is 5.61. The third kappa shape index (κ3) is 1.70. The quantitative estimate of drug-likeness (QED) is 0.567. The van der Waals surface area contributed by atoms with Gasteiger partial charge in [0.25, 0.3) is 0 Å². The molecule has 0 saturated heterocycles. The van der Waals surface area contributed by atoms with Crippen LogP contribution in [0.3, 0.4) is 0 Å². The van der Waals surface area contributed by atoms with Gasteiger partial charge in [0.05, 0.1) is 0 Å². The Morgan fingerprint density at radius 3 is 2.67 bits per heavy atom. The van der Waals surface area contributed by atoms with Crippen LogP contribution in [0.4, 0.5) is 5.82 Å². The van der Waals surface area contributed by atoms with Crippen LogP contribution in [-0.2, 0) is 4.79 Å². The Balaban J connectivity index is 2.89. The van der Waals surface area contributed by atoms with Crippen LogP contribution >= 0.6 is 0 Å². The van der Waals surface area contributed by atoms with Crippen LogP contribution in [0, 0.1) is 0 Å².